The molecule has 0 atom stereocenters. The summed E-state index contributed by atoms with van der Waals surface area (Å²) in [5, 5.41) is 11.0. The van der Waals surface area contributed by atoms with E-state index >= 15 is 0 Å². The summed E-state index contributed by atoms with van der Waals surface area (Å²) < 4.78 is 0. The molecule has 0 spiro atoms. The van der Waals surface area contributed by atoms with Crippen molar-refractivity contribution < 1.29 is 4.79 Å². The number of carbonyl (C=O) groups is 1. The molecule has 3 N–H and O–H groups in total. The number of aromatic nitrogens is 2. The van der Waals surface area contributed by atoms with Crippen LogP contribution >= 0.6 is 0 Å². The molecule has 1 aromatic heterocycles. The Kier molecular flexibility index (Phi) is 4.21. The first-order chi connectivity index (χ1) is 9.92. The molecule has 0 saturated heterocycles. The van der Waals surface area contributed by atoms with E-state index in [1.165, 1.54) is 0 Å². The Bertz CT molecular complexity index is 695. The largest absolute Gasteiger partial charge is 0.398 e. The number of rotatable bonds is 3. The number of anilines is 2. The molecule has 1 heterocycles. The van der Waals surface area contributed by atoms with Gasteiger partial charge in [0.05, 0.1) is 17.0 Å². The third kappa shape index (κ3) is 3.18. The molecule has 0 unspecified atom stereocenters. The molecular formula is C16H20N4O. The molecule has 0 saturated carbocycles. The van der Waals surface area contributed by atoms with Crippen LogP contribution in [0.5, 0.6) is 0 Å². The first kappa shape index (κ1) is 15.0. The number of aryl methyl sites for hydroxylation is 4. The van der Waals surface area contributed by atoms with Gasteiger partial charge in [-0.3, -0.25) is 4.79 Å². The van der Waals surface area contributed by atoms with Crippen molar-refractivity contribution in [2.24, 2.45) is 0 Å². The normalized spacial score (nSPS) is 10.5. The third-order valence-electron chi connectivity index (χ3n) is 3.43. The van der Waals surface area contributed by atoms with Crippen molar-refractivity contribution in [3.8, 4) is 0 Å². The highest BCUT2D eigenvalue weighted by atomic mass is 16.1. The lowest BCUT2D eigenvalue weighted by Gasteiger charge is -2.12. The smallest absolute Gasteiger partial charge is 0.257 e. The first-order valence-electron chi connectivity index (χ1n) is 6.93. The van der Waals surface area contributed by atoms with Crippen LogP contribution in [0.3, 0.4) is 0 Å². The molecule has 2 aromatic rings. The van der Waals surface area contributed by atoms with Gasteiger partial charge in [-0.05, 0) is 50.5 Å². The van der Waals surface area contributed by atoms with Crippen molar-refractivity contribution in [2.45, 2.75) is 34.1 Å². The number of hydrogen-bond acceptors (Lipinski definition) is 4. The van der Waals surface area contributed by atoms with Gasteiger partial charge >= 0.3 is 0 Å². The lowest BCUT2D eigenvalue weighted by Crippen LogP contribution is -2.17. The van der Waals surface area contributed by atoms with Crippen LogP contribution in [0.2, 0.25) is 0 Å². The molecule has 2 rings (SSSR count). The van der Waals surface area contributed by atoms with Crippen LogP contribution in [-0.4, -0.2) is 16.1 Å². The summed E-state index contributed by atoms with van der Waals surface area (Å²) in [5.41, 5.74) is 11.2. The summed E-state index contributed by atoms with van der Waals surface area (Å²) >= 11 is 0. The van der Waals surface area contributed by atoms with Crippen LogP contribution in [0, 0.1) is 20.8 Å². The van der Waals surface area contributed by atoms with Crippen LogP contribution < -0.4 is 11.1 Å². The van der Waals surface area contributed by atoms with Crippen molar-refractivity contribution in [1.29, 1.82) is 0 Å². The summed E-state index contributed by atoms with van der Waals surface area (Å²) in [4.78, 5) is 12.5. The molecule has 0 fully saturated rings. The van der Waals surface area contributed by atoms with Gasteiger partial charge in [-0.15, -0.1) is 0 Å². The molecular weight excluding hydrogens is 264 g/mol. The highest BCUT2D eigenvalue weighted by Crippen LogP contribution is 2.23. The minimum Gasteiger partial charge on any atom is -0.398 e. The predicted molar refractivity (Wildman–Crippen MR) is 84.4 cm³/mol. The Labute approximate surface area is 124 Å². The second kappa shape index (κ2) is 5.91. The Morgan fingerprint density at radius 1 is 1.14 bits per heavy atom. The molecule has 0 aliphatic rings. The predicted octanol–water partition coefficient (Wildman–Crippen LogP) is 2.80. The highest BCUT2D eigenvalue weighted by molar-refractivity contribution is 6.05. The fourth-order valence-corrected chi connectivity index (χ4v) is 2.17. The zero-order valence-corrected chi connectivity index (χ0v) is 12.8. The number of hydrogen-bond donors (Lipinski definition) is 2. The minimum absolute atomic E-state index is 0.184. The number of nitrogens with two attached hydrogens (primary N) is 1. The fraction of sp³-hybridized carbons (Fsp3) is 0.312. The molecule has 5 nitrogen and oxygen atoms in total. The Balaban J connectivity index is 2.34. The fourth-order valence-electron chi connectivity index (χ4n) is 2.17. The monoisotopic (exact) mass is 284 g/mol. The maximum Gasteiger partial charge on any atom is 0.257 e. The van der Waals surface area contributed by atoms with Gasteiger partial charge in [0.25, 0.3) is 5.91 Å². The molecule has 0 aliphatic heterocycles. The molecule has 5 heteroatoms. The highest BCUT2D eigenvalue weighted by Gasteiger charge is 2.14. The molecule has 0 bridgehead atoms. The molecule has 0 radical (unpaired) electrons. The summed E-state index contributed by atoms with van der Waals surface area (Å²) in [5.74, 6) is -0.184. The third-order valence-corrected chi connectivity index (χ3v) is 3.43. The van der Waals surface area contributed by atoms with Crippen LogP contribution in [0.15, 0.2) is 18.2 Å². The van der Waals surface area contributed by atoms with E-state index in [0.717, 1.165) is 22.5 Å². The van der Waals surface area contributed by atoms with Gasteiger partial charge in [-0.25, -0.2) is 0 Å². The van der Waals surface area contributed by atoms with E-state index in [9.17, 15) is 4.79 Å². The number of nitrogen functional groups attached to an aromatic ring is 1. The quantitative estimate of drug-likeness (QED) is 0.849. The summed E-state index contributed by atoms with van der Waals surface area (Å²) in [6.45, 7) is 7.65. The number of amides is 1. The summed E-state index contributed by atoms with van der Waals surface area (Å²) in [6.07, 6.45) is 0.658. The lowest BCUT2D eigenvalue weighted by atomic mass is 10.1. The Morgan fingerprint density at radius 3 is 2.52 bits per heavy atom. The van der Waals surface area contributed by atoms with Gasteiger partial charge < -0.3 is 11.1 Å². The average molecular weight is 284 g/mol. The zero-order valence-electron chi connectivity index (χ0n) is 12.8. The van der Waals surface area contributed by atoms with E-state index in [1.54, 1.807) is 12.1 Å². The number of nitrogens with zero attached hydrogens (tertiary/aromatic N) is 2. The van der Waals surface area contributed by atoms with Crippen LogP contribution in [0.25, 0.3) is 0 Å². The average Bonchev–Trinajstić information content (AvgIpc) is 2.44. The van der Waals surface area contributed by atoms with Gasteiger partial charge in [0.15, 0.2) is 0 Å². The minimum atomic E-state index is -0.184. The number of nitrogens with one attached hydrogen (secondary N) is 1. The van der Waals surface area contributed by atoms with Gasteiger partial charge in [0.2, 0.25) is 0 Å². The van der Waals surface area contributed by atoms with Crippen molar-refractivity contribution in [1.82, 2.24) is 10.2 Å². The maximum atomic E-state index is 12.5. The maximum absolute atomic E-state index is 12.5. The molecule has 1 aromatic carbocycles. The molecule has 1 amide bonds. The topological polar surface area (TPSA) is 80.9 Å². The second-order valence-electron chi connectivity index (χ2n) is 5.18. The summed E-state index contributed by atoms with van der Waals surface area (Å²) in [6, 6.07) is 5.51. The van der Waals surface area contributed by atoms with Crippen LogP contribution in [0.1, 0.15) is 39.8 Å². The van der Waals surface area contributed by atoms with Gasteiger partial charge in [0.1, 0.15) is 0 Å². The lowest BCUT2D eigenvalue weighted by molar-refractivity contribution is 0.102. The van der Waals surface area contributed by atoms with E-state index in [2.05, 4.69) is 15.5 Å². The van der Waals surface area contributed by atoms with Gasteiger partial charge in [-0.2, -0.15) is 10.2 Å². The molecule has 110 valence electrons. The van der Waals surface area contributed by atoms with Gasteiger partial charge in [0, 0.05) is 11.4 Å². The summed E-state index contributed by atoms with van der Waals surface area (Å²) in [7, 11) is 0. The Morgan fingerprint density at radius 2 is 1.86 bits per heavy atom. The van der Waals surface area contributed by atoms with Crippen molar-refractivity contribution in [3.63, 3.8) is 0 Å². The van der Waals surface area contributed by atoms with Crippen molar-refractivity contribution in [3.05, 3.63) is 46.3 Å². The standard InChI is InChI=1S/C16H20N4O/c1-5-14-12(7-11(4)19-20-14)16(21)18-15-8-13(17)9(2)6-10(15)3/h6-8H,5,17H2,1-4H3,(H,18,21). The van der Waals surface area contributed by atoms with Crippen molar-refractivity contribution >= 4 is 17.3 Å². The number of benzene rings is 1. The van der Waals surface area contributed by atoms with Crippen LogP contribution in [-0.2, 0) is 6.42 Å². The van der Waals surface area contributed by atoms with E-state index in [1.807, 2.05) is 33.8 Å². The first-order valence-corrected chi connectivity index (χ1v) is 6.93. The van der Waals surface area contributed by atoms with Crippen molar-refractivity contribution in [2.75, 3.05) is 11.1 Å². The number of carbonyl (C=O) groups excluding carboxylic acids is 1. The van der Waals surface area contributed by atoms with E-state index in [4.69, 9.17) is 5.73 Å². The second-order valence-corrected chi connectivity index (χ2v) is 5.18. The molecule has 21 heavy (non-hydrogen) atoms. The Hall–Kier alpha value is -2.43. The van der Waals surface area contributed by atoms with E-state index < -0.39 is 0 Å². The van der Waals surface area contributed by atoms with Crippen LogP contribution in [0.4, 0.5) is 11.4 Å². The van der Waals surface area contributed by atoms with E-state index in [0.29, 0.717) is 23.4 Å². The van der Waals surface area contributed by atoms with E-state index in [-0.39, 0.29) is 5.91 Å². The SMILES string of the molecule is CCc1nnc(C)cc1C(=O)Nc1cc(N)c(C)cc1C. The zero-order chi connectivity index (χ0) is 15.6. The van der Waals surface area contributed by atoms with Gasteiger partial charge in [-0.1, -0.05) is 13.0 Å². The molecule has 0 aliphatic carbocycles.